The lowest BCUT2D eigenvalue weighted by Gasteiger charge is -2.21. The molecule has 1 atom stereocenters. The van der Waals surface area contributed by atoms with Crippen LogP contribution >= 0.6 is 0 Å². The minimum Gasteiger partial charge on any atom is -0.303 e. The molecule has 1 aliphatic rings. The molecule has 0 bridgehead atoms. The van der Waals surface area contributed by atoms with E-state index in [0.29, 0.717) is 6.04 Å². The first-order valence-electron chi connectivity index (χ1n) is 4.56. The number of rotatable bonds is 4. The minimum atomic E-state index is 0.562. The number of hydrogen-bond acceptors (Lipinski definition) is 2. The van der Waals surface area contributed by atoms with E-state index in [2.05, 4.69) is 11.8 Å². The maximum absolute atomic E-state index is 10.3. The molecule has 0 saturated carbocycles. The van der Waals surface area contributed by atoms with Gasteiger partial charge in [0.1, 0.15) is 6.29 Å². The van der Waals surface area contributed by atoms with Gasteiger partial charge in [-0.05, 0) is 32.4 Å². The van der Waals surface area contributed by atoms with Gasteiger partial charge in [0.05, 0.1) is 0 Å². The van der Waals surface area contributed by atoms with Gasteiger partial charge in [0.2, 0.25) is 0 Å². The van der Waals surface area contributed by atoms with Crippen LogP contribution in [0.1, 0.15) is 32.6 Å². The summed E-state index contributed by atoms with van der Waals surface area (Å²) in [6.07, 6.45) is 5.49. The molecule has 0 aromatic heterocycles. The van der Waals surface area contributed by atoms with Gasteiger partial charge in [-0.25, -0.2) is 0 Å². The van der Waals surface area contributed by atoms with Gasteiger partial charge in [0, 0.05) is 12.5 Å². The molecular formula is C9H17NO. The van der Waals surface area contributed by atoms with E-state index in [1.165, 1.54) is 32.4 Å². The highest BCUT2D eigenvalue weighted by Gasteiger charge is 2.22. The van der Waals surface area contributed by atoms with Crippen LogP contribution < -0.4 is 0 Å². The van der Waals surface area contributed by atoms with Crippen molar-refractivity contribution in [3.8, 4) is 0 Å². The standard InChI is InChI=1S/C9H17NO/c1-2-6-10-7-3-4-9(10)5-8-11/h8-9H,2-7H2,1H3/t9-/m1/s1. The predicted molar refractivity (Wildman–Crippen MR) is 45.6 cm³/mol. The largest absolute Gasteiger partial charge is 0.303 e. The molecule has 11 heavy (non-hydrogen) atoms. The second kappa shape index (κ2) is 4.50. The molecule has 0 aromatic rings. The maximum atomic E-state index is 10.3. The van der Waals surface area contributed by atoms with Gasteiger partial charge < -0.3 is 4.79 Å². The first kappa shape index (κ1) is 8.72. The van der Waals surface area contributed by atoms with Crippen molar-refractivity contribution >= 4 is 6.29 Å². The molecule has 1 saturated heterocycles. The molecule has 0 amide bonds. The summed E-state index contributed by atoms with van der Waals surface area (Å²) in [4.78, 5) is 12.7. The highest BCUT2D eigenvalue weighted by Crippen LogP contribution is 2.18. The van der Waals surface area contributed by atoms with Gasteiger partial charge in [0.25, 0.3) is 0 Å². The Kier molecular flexibility index (Phi) is 3.57. The fourth-order valence-electron chi connectivity index (χ4n) is 1.85. The van der Waals surface area contributed by atoms with E-state index < -0.39 is 0 Å². The molecule has 1 rings (SSSR count). The molecule has 0 aromatic carbocycles. The Labute approximate surface area is 68.6 Å². The Morgan fingerprint density at radius 2 is 2.45 bits per heavy atom. The predicted octanol–water partition coefficient (Wildman–Crippen LogP) is 1.45. The quantitative estimate of drug-likeness (QED) is 0.573. The van der Waals surface area contributed by atoms with E-state index in [0.717, 1.165) is 12.7 Å². The van der Waals surface area contributed by atoms with Crippen molar-refractivity contribution in [3.63, 3.8) is 0 Å². The van der Waals surface area contributed by atoms with E-state index in [4.69, 9.17) is 0 Å². The first-order valence-corrected chi connectivity index (χ1v) is 4.56. The number of aldehydes is 1. The van der Waals surface area contributed by atoms with Crippen LogP contribution in [0.15, 0.2) is 0 Å². The van der Waals surface area contributed by atoms with Crippen LogP contribution in [0.2, 0.25) is 0 Å². The van der Waals surface area contributed by atoms with E-state index >= 15 is 0 Å². The smallest absolute Gasteiger partial charge is 0.121 e. The van der Waals surface area contributed by atoms with E-state index in [1.54, 1.807) is 0 Å². The Hall–Kier alpha value is -0.370. The molecule has 1 fully saturated rings. The molecule has 1 aliphatic heterocycles. The molecular weight excluding hydrogens is 138 g/mol. The Morgan fingerprint density at radius 3 is 3.09 bits per heavy atom. The fraction of sp³-hybridized carbons (Fsp3) is 0.889. The van der Waals surface area contributed by atoms with Crippen molar-refractivity contribution < 1.29 is 4.79 Å². The molecule has 0 unspecified atom stereocenters. The van der Waals surface area contributed by atoms with Gasteiger partial charge in [0.15, 0.2) is 0 Å². The number of likely N-dealkylation sites (tertiary alicyclic amines) is 1. The van der Waals surface area contributed by atoms with Gasteiger partial charge in [-0.15, -0.1) is 0 Å². The normalized spacial score (nSPS) is 25.7. The average Bonchev–Trinajstić information content (AvgIpc) is 2.39. The van der Waals surface area contributed by atoms with Crippen molar-refractivity contribution in [2.24, 2.45) is 0 Å². The van der Waals surface area contributed by atoms with E-state index in [-0.39, 0.29) is 0 Å². The molecule has 2 nitrogen and oxygen atoms in total. The monoisotopic (exact) mass is 155 g/mol. The summed E-state index contributed by atoms with van der Waals surface area (Å²) < 4.78 is 0. The molecule has 0 N–H and O–H groups in total. The van der Waals surface area contributed by atoms with Crippen LogP contribution in [-0.4, -0.2) is 30.3 Å². The minimum absolute atomic E-state index is 0.562. The number of hydrogen-bond donors (Lipinski definition) is 0. The van der Waals surface area contributed by atoms with Gasteiger partial charge in [-0.3, -0.25) is 4.90 Å². The molecule has 64 valence electrons. The summed E-state index contributed by atoms with van der Waals surface area (Å²) >= 11 is 0. The van der Waals surface area contributed by atoms with Crippen LogP contribution in [0.25, 0.3) is 0 Å². The summed E-state index contributed by atoms with van der Waals surface area (Å²) in [5, 5.41) is 0. The van der Waals surface area contributed by atoms with Gasteiger partial charge in [-0.2, -0.15) is 0 Å². The van der Waals surface area contributed by atoms with Gasteiger partial charge in [-0.1, -0.05) is 6.92 Å². The number of carbonyl (C=O) groups is 1. The highest BCUT2D eigenvalue weighted by atomic mass is 16.1. The Morgan fingerprint density at radius 1 is 1.64 bits per heavy atom. The molecule has 1 heterocycles. The van der Waals surface area contributed by atoms with E-state index in [1.807, 2.05) is 0 Å². The van der Waals surface area contributed by atoms with E-state index in [9.17, 15) is 4.79 Å². The van der Waals surface area contributed by atoms with Crippen molar-refractivity contribution in [2.45, 2.75) is 38.6 Å². The summed E-state index contributed by atoms with van der Waals surface area (Å²) in [5.74, 6) is 0. The summed E-state index contributed by atoms with van der Waals surface area (Å²) in [6, 6.07) is 0.562. The molecule has 2 heteroatoms. The summed E-state index contributed by atoms with van der Waals surface area (Å²) in [6.45, 7) is 4.56. The van der Waals surface area contributed by atoms with Crippen LogP contribution in [0.4, 0.5) is 0 Å². The third-order valence-corrected chi connectivity index (χ3v) is 2.38. The third-order valence-electron chi connectivity index (χ3n) is 2.38. The third kappa shape index (κ3) is 2.29. The summed E-state index contributed by atoms with van der Waals surface area (Å²) in [7, 11) is 0. The molecule has 0 spiro atoms. The van der Waals surface area contributed by atoms with Crippen molar-refractivity contribution in [2.75, 3.05) is 13.1 Å². The second-order valence-corrected chi connectivity index (χ2v) is 3.23. The highest BCUT2D eigenvalue weighted by molar-refractivity contribution is 5.50. The van der Waals surface area contributed by atoms with Crippen LogP contribution in [-0.2, 0) is 4.79 Å². The zero-order valence-electron chi connectivity index (χ0n) is 7.25. The van der Waals surface area contributed by atoms with Crippen molar-refractivity contribution in [1.82, 2.24) is 4.90 Å². The zero-order chi connectivity index (χ0) is 8.10. The Balaban J connectivity index is 2.31. The first-order chi connectivity index (χ1) is 5.38. The topological polar surface area (TPSA) is 20.3 Å². The average molecular weight is 155 g/mol. The fourth-order valence-corrected chi connectivity index (χ4v) is 1.85. The second-order valence-electron chi connectivity index (χ2n) is 3.23. The number of nitrogens with zero attached hydrogens (tertiary/aromatic N) is 1. The Bertz CT molecular complexity index is 125. The van der Waals surface area contributed by atoms with Crippen molar-refractivity contribution in [3.05, 3.63) is 0 Å². The van der Waals surface area contributed by atoms with Crippen LogP contribution in [0.3, 0.4) is 0 Å². The maximum Gasteiger partial charge on any atom is 0.121 e. The van der Waals surface area contributed by atoms with Crippen LogP contribution in [0.5, 0.6) is 0 Å². The van der Waals surface area contributed by atoms with Crippen LogP contribution in [0, 0.1) is 0 Å². The van der Waals surface area contributed by atoms with Gasteiger partial charge >= 0.3 is 0 Å². The summed E-state index contributed by atoms with van der Waals surface area (Å²) in [5.41, 5.74) is 0. The lowest BCUT2D eigenvalue weighted by molar-refractivity contribution is -0.108. The molecule has 0 aliphatic carbocycles. The van der Waals surface area contributed by atoms with Crippen molar-refractivity contribution in [1.29, 1.82) is 0 Å². The zero-order valence-corrected chi connectivity index (χ0v) is 7.25. The lowest BCUT2D eigenvalue weighted by Crippen LogP contribution is -2.30. The SMILES string of the molecule is CCCN1CCC[C@@H]1CC=O. The molecule has 0 radical (unpaired) electrons. The lowest BCUT2D eigenvalue weighted by atomic mass is 10.1. The number of carbonyl (C=O) groups excluding carboxylic acids is 1.